The van der Waals surface area contributed by atoms with Crippen LogP contribution in [0.15, 0.2) is 58.5 Å². The molecule has 0 radical (unpaired) electrons. The van der Waals surface area contributed by atoms with Crippen LogP contribution in [0.4, 0.5) is 13.2 Å². The summed E-state index contributed by atoms with van der Waals surface area (Å²) in [7, 11) is 0. The van der Waals surface area contributed by atoms with Crippen LogP contribution in [0.3, 0.4) is 0 Å². The number of hydrogen-bond acceptors (Lipinski definition) is 5. The van der Waals surface area contributed by atoms with Gasteiger partial charge in [-0.15, -0.1) is 0 Å². The highest BCUT2D eigenvalue weighted by molar-refractivity contribution is 5.63. The second kappa shape index (κ2) is 7.36. The highest BCUT2D eigenvalue weighted by atomic mass is 19.4. The molecule has 1 fully saturated rings. The van der Waals surface area contributed by atoms with Crippen molar-refractivity contribution < 1.29 is 17.9 Å². The van der Waals surface area contributed by atoms with Gasteiger partial charge in [-0.3, -0.25) is 9.78 Å². The van der Waals surface area contributed by atoms with Crippen molar-refractivity contribution >= 4 is 5.65 Å². The summed E-state index contributed by atoms with van der Waals surface area (Å²) in [5, 5.41) is 4.42. The van der Waals surface area contributed by atoms with Gasteiger partial charge in [-0.25, -0.2) is 14.3 Å². The molecule has 11 heteroatoms. The maximum absolute atomic E-state index is 12.3. The summed E-state index contributed by atoms with van der Waals surface area (Å²) in [4.78, 5) is 32.6. The maximum Gasteiger partial charge on any atom is 0.422 e. The third kappa shape index (κ3) is 3.88. The van der Waals surface area contributed by atoms with Gasteiger partial charge in [0, 0.05) is 24.2 Å². The summed E-state index contributed by atoms with van der Waals surface area (Å²) < 4.78 is 43.3. The summed E-state index contributed by atoms with van der Waals surface area (Å²) in [6.45, 7) is -1.33. The molecule has 0 aliphatic heterocycles. The average molecular weight is 443 g/mol. The molecule has 0 bridgehead atoms. The monoisotopic (exact) mass is 443 g/mol. The first-order valence-corrected chi connectivity index (χ1v) is 9.75. The lowest BCUT2D eigenvalue weighted by molar-refractivity contribution is -0.153. The molecule has 5 rings (SSSR count). The van der Waals surface area contributed by atoms with Crippen LogP contribution in [0.25, 0.3) is 16.9 Å². The Morgan fingerprint density at radius 2 is 1.94 bits per heavy atom. The lowest BCUT2D eigenvalue weighted by atomic mass is 10.0. The van der Waals surface area contributed by atoms with Crippen molar-refractivity contribution in [1.29, 1.82) is 0 Å². The number of hydrogen-bond donors (Lipinski definition) is 2. The molecule has 3 heterocycles. The van der Waals surface area contributed by atoms with Crippen LogP contribution < -0.4 is 16.0 Å². The standard InChI is InChI=1S/C21H16F3N5O3/c22-21(23,24)10-32-12-3-1-11(2-4-12)13-7-14(13)15-8-17(28-29-6-5-25-18(15)29)16-9-26-20(31)27-19(16)30/h1-6,8-9,13-14H,7,10H2,(H2,26,27,30,31)/t13-,14+/m1/s1. The van der Waals surface area contributed by atoms with E-state index in [1.807, 2.05) is 0 Å². The molecule has 164 valence electrons. The SMILES string of the molecule is O=c1[nH]cc(-c2cc([C@H]3C[C@@H]3c3ccc(OCC(F)(F)F)cc3)c3nccn3n2)c(=O)[nH]1. The third-order valence-corrected chi connectivity index (χ3v) is 5.38. The minimum Gasteiger partial charge on any atom is -0.484 e. The normalized spacial score (nSPS) is 18.1. The Morgan fingerprint density at radius 3 is 2.66 bits per heavy atom. The Kier molecular flexibility index (Phi) is 4.61. The molecule has 1 saturated carbocycles. The number of nitrogens with one attached hydrogen (secondary N) is 2. The number of H-pyrrole nitrogens is 2. The fourth-order valence-electron chi connectivity index (χ4n) is 3.83. The Balaban J connectivity index is 1.43. The maximum atomic E-state index is 12.3. The molecule has 1 aromatic carbocycles. The van der Waals surface area contributed by atoms with Gasteiger partial charge in [-0.2, -0.15) is 18.3 Å². The zero-order valence-electron chi connectivity index (χ0n) is 16.4. The van der Waals surface area contributed by atoms with Crippen LogP contribution in [0.1, 0.15) is 29.4 Å². The van der Waals surface area contributed by atoms with Gasteiger partial charge >= 0.3 is 11.9 Å². The van der Waals surface area contributed by atoms with E-state index in [0.29, 0.717) is 11.3 Å². The number of imidazole rings is 1. The van der Waals surface area contributed by atoms with Crippen LogP contribution in [0.5, 0.6) is 5.75 Å². The van der Waals surface area contributed by atoms with E-state index in [1.54, 1.807) is 35.1 Å². The van der Waals surface area contributed by atoms with Gasteiger partial charge in [0.15, 0.2) is 12.3 Å². The van der Waals surface area contributed by atoms with Crippen LogP contribution in [0, 0.1) is 0 Å². The second-order valence-electron chi connectivity index (χ2n) is 7.59. The van der Waals surface area contributed by atoms with E-state index < -0.39 is 24.0 Å². The number of fused-ring (bicyclic) bond motifs is 1. The molecule has 0 spiro atoms. The molecule has 32 heavy (non-hydrogen) atoms. The Hall–Kier alpha value is -3.89. The lowest BCUT2D eigenvalue weighted by Crippen LogP contribution is -2.23. The van der Waals surface area contributed by atoms with Gasteiger partial charge < -0.3 is 9.72 Å². The van der Waals surface area contributed by atoms with Crippen molar-refractivity contribution in [1.82, 2.24) is 24.6 Å². The van der Waals surface area contributed by atoms with Crippen molar-refractivity contribution in [3.63, 3.8) is 0 Å². The van der Waals surface area contributed by atoms with Crippen LogP contribution in [-0.2, 0) is 0 Å². The predicted octanol–water partition coefficient (Wildman–Crippen LogP) is 2.99. The highest BCUT2D eigenvalue weighted by Crippen LogP contribution is 2.55. The third-order valence-electron chi connectivity index (χ3n) is 5.38. The van der Waals surface area contributed by atoms with E-state index in [4.69, 9.17) is 4.74 Å². The zero-order valence-corrected chi connectivity index (χ0v) is 16.4. The molecule has 1 aliphatic carbocycles. The molecule has 0 saturated heterocycles. The molecule has 8 nitrogen and oxygen atoms in total. The highest BCUT2D eigenvalue weighted by Gasteiger charge is 2.41. The Bertz CT molecular complexity index is 1410. The fourth-order valence-corrected chi connectivity index (χ4v) is 3.83. The molecule has 3 aromatic heterocycles. The molecular formula is C21H16F3N5O3. The largest absolute Gasteiger partial charge is 0.484 e. The van der Waals surface area contributed by atoms with Crippen LogP contribution in [-0.4, -0.2) is 37.3 Å². The van der Waals surface area contributed by atoms with E-state index in [9.17, 15) is 22.8 Å². The van der Waals surface area contributed by atoms with Crippen molar-refractivity contribution in [3.8, 4) is 17.0 Å². The van der Waals surface area contributed by atoms with Gasteiger partial charge in [0.1, 0.15) is 5.75 Å². The topological polar surface area (TPSA) is 105 Å². The van der Waals surface area contributed by atoms with E-state index >= 15 is 0 Å². The van der Waals surface area contributed by atoms with E-state index in [1.165, 1.54) is 18.3 Å². The van der Waals surface area contributed by atoms with Crippen molar-refractivity contribution in [3.05, 3.63) is 80.9 Å². The quantitative estimate of drug-likeness (QED) is 0.494. The Morgan fingerprint density at radius 1 is 1.16 bits per heavy atom. The zero-order chi connectivity index (χ0) is 22.5. The first-order chi connectivity index (χ1) is 15.3. The summed E-state index contributed by atoms with van der Waals surface area (Å²) in [5.74, 6) is 0.407. The first-order valence-electron chi connectivity index (χ1n) is 9.75. The van der Waals surface area contributed by atoms with Crippen molar-refractivity contribution in [2.45, 2.75) is 24.4 Å². The lowest BCUT2D eigenvalue weighted by Gasteiger charge is -2.10. The Labute approximate surface area is 177 Å². The van der Waals surface area contributed by atoms with Crippen LogP contribution in [0.2, 0.25) is 0 Å². The van der Waals surface area contributed by atoms with Crippen molar-refractivity contribution in [2.24, 2.45) is 0 Å². The number of alkyl halides is 3. The predicted molar refractivity (Wildman–Crippen MR) is 108 cm³/mol. The minimum atomic E-state index is -4.39. The molecule has 2 N–H and O–H groups in total. The minimum absolute atomic E-state index is 0.102. The summed E-state index contributed by atoms with van der Waals surface area (Å²) >= 11 is 0. The summed E-state index contributed by atoms with van der Waals surface area (Å²) in [6.07, 6.45) is 1.03. The van der Waals surface area contributed by atoms with Gasteiger partial charge in [-0.1, -0.05) is 12.1 Å². The smallest absolute Gasteiger partial charge is 0.422 e. The van der Waals surface area contributed by atoms with Gasteiger partial charge in [-0.05, 0) is 42.0 Å². The van der Waals surface area contributed by atoms with Gasteiger partial charge in [0.2, 0.25) is 0 Å². The van der Waals surface area contributed by atoms with E-state index in [0.717, 1.165) is 17.5 Å². The molecule has 1 aliphatic rings. The van der Waals surface area contributed by atoms with E-state index in [-0.39, 0.29) is 23.1 Å². The van der Waals surface area contributed by atoms with Gasteiger partial charge in [0.25, 0.3) is 5.56 Å². The summed E-state index contributed by atoms with van der Waals surface area (Å²) in [5.41, 5.74) is 2.00. The van der Waals surface area contributed by atoms with Gasteiger partial charge in [0.05, 0.1) is 11.3 Å². The number of aromatic amines is 2. The molecular weight excluding hydrogens is 427 g/mol. The molecule has 0 amide bonds. The number of aromatic nitrogens is 5. The number of halogens is 3. The number of ether oxygens (including phenoxy) is 1. The van der Waals surface area contributed by atoms with E-state index in [2.05, 4.69) is 20.1 Å². The fraction of sp³-hybridized carbons (Fsp3) is 0.238. The first kappa shape index (κ1) is 20.0. The van der Waals surface area contributed by atoms with Crippen LogP contribution >= 0.6 is 0 Å². The number of rotatable bonds is 5. The average Bonchev–Trinajstić information content (AvgIpc) is 3.40. The number of benzene rings is 1. The molecule has 2 atom stereocenters. The summed E-state index contributed by atoms with van der Waals surface area (Å²) in [6, 6.07) is 8.36. The second-order valence-corrected chi connectivity index (χ2v) is 7.59. The molecule has 4 aromatic rings. The number of nitrogens with zero attached hydrogens (tertiary/aromatic N) is 3. The molecule has 0 unspecified atom stereocenters. The van der Waals surface area contributed by atoms with Crippen molar-refractivity contribution in [2.75, 3.05) is 6.61 Å².